The summed E-state index contributed by atoms with van der Waals surface area (Å²) < 4.78 is 10.6. The average Bonchev–Trinajstić information content (AvgIpc) is 2.98. The maximum Gasteiger partial charge on any atom is 0.340 e. The van der Waals surface area contributed by atoms with E-state index >= 15 is 0 Å². The van der Waals surface area contributed by atoms with Crippen molar-refractivity contribution >= 4 is 23.6 Å². The van der Waals surface area contributed by atoms with Gasteiger partial charge < -0.3 is 19.8 Å². The summed E-state index contributed by atoms with van der Waals surface area (Å²) >= 11 is 0. The first-order valence-electron chi connectivity index (χ1n) is 11.4. The monoisotopic (exact) mass is 444 g/mol. The predicted octanol–water partition coefficient (Wildman–Crippen LogP) is 3.01. The molecule has 1 aromatic rings. The topological polar surface area (TPSA) is 115 Å². The number of aryl methyl sites for hydroxylation is 1. The zero-order valence-electron chi connectivity index (χ0n) is 19.3. The molecule has 4 aliphatic carbocycles. The number of rotatable bonds is 7. The van der Waals surface area contributed by atoms with Crippen molar-refractivity contribution in [3.63, 3.8) is 0 Å². The summed E-state index contributed by atoms with van der Waals surface area (Å²) in [6.07, 6.45) is 5.00. The lowest BCUT2D eigenvalue weighted by atomic mass is 9.47. The molecule has 1 aromatic heterocycles. The molecule has 0 spiro atoms. The smallest absolute Gasteiger partial charge is 0.340 e. The normalized spacial score (nSPS) is 30.1. The second kappa shape index (κ2) is 8.05. The number of esters is 2. The van der Waals surface area contributed by atoms with Gasteiger partial charge in [0.25, 0.3) is 0 Å². The average molecular weight is 445 g/mol. The number of nitrogens with one attached hydrogen (secondary N) is 2. The standard InChI is InChI=1S/C24H32N2O6/c1-5-31-21(29)19-13(2)20(25-14(19)3)18(28)11-32-22(30)23-7-16-6-17(8-23)10-24(9-16,12-23)26-15(4)27/h16-17,25H,5-12H2,1-4H3,(H,26,27). The van der Waals surface area contributed by atoms with Crippen molar-refractivity contribution in [2.75, 3.05) is 13.2 Å². The van der Waals surface area contributed by atoms with Gasteiger partial charge in [-0.05, 0) is 76.7 Å². The molecule has 1 heterocycles. The number of carbonyl (C=O) groups is 4. The lowest BCUT2D eigenvalue weighted by Crippen LogP contribution is -2.64. The molecule has 1 amide bonds. The Hall–Kier alpha value is -2.64. The van der Waals surface area contributed by atoms with Gasteiger partial charge in [-0.25, -0.2) is 4.79 Å². The van der Waals surface area contributed by atoms with E-state index in [0.29, 0.717) is 35.1 Å². The maximum absolute atomic E-state index is 13.2. The summed E-state index contributed by atoms with van der Waals surface area (Å²) in [7, 11) is 0. The van der Waals surface area contributed by atoms with E-state index in [2.05, 4.69) is 10.3 Å². The minimum atomic E-state index is -0.635. The molecule has 5 rings (SSSR count). The van der Waals surface area contributed by atoms with Crippen molar-refractivity contribution in [3.8, 4) is 0 Å². The third-order valence-electron chi connectivity index (χ3n) is 7.47. The summed E-state index contributed by atoms with van der Waals surface area (Å²) in [4.78, 5) is 53.0. The zero-order valence-corrected chi connectivity index (χ0v) is 19.3. The number of hydrogen-bond donors (Lipinski definition) is 2. The highest BCUT2D eigenvalue weighted by Gasteiger charge is 2.61. The van der Waals surface area contributed by atoms with Crippen molar-refractivity contribution < 1.29 is 28.7 Å². The molecule has 2 N–H and O–H groups in total. The van der Waals surface area contributed by atoms with Gasteiger partial charge >= 0.3 is 11.9 Å². The molecule has 2 atom stereocenters. The number of ether oxygens (including phenoxy) is 2. The second-order valence-corrected chi connectivity index (χ2v) is 10.0. The molecule has 0 radical (unpaired) electrons. The van der Waals surface area contributed by atoms with E-state index in [1.54, 1.807) is 20.8 Å². The van der Waals surface area contributed by atoms with E-state index in [1.807, 2.05) is 0 Å². The second-order valence-electron chi connectivity index (χ2n) is 10.0. The van der Waals surface area contributed by atoms with Crippen LogP contribution in [0.1, 0.15) is 84.5 Å². The van der Waals surface area contributed by atoms with Crippen molar-refractivity contribution in [1.29, 1.82) is 0 Å². The Balaban J connectivity index is 1.46. The summed E-state index contributed by atoms with van der Waals surface area (Å²) in [5.74, 6) is -0.483. The molecule has 4 aliphatic rings. The number of Topliss-reactive ketones (excluding diaryl/α,β-unsaturated/α-hetero) is 1. The summed E-state index contributed by atoms with van der Waals surface area (Å²) in [6, 6.07) is 0. The fourth-order valence-electron chi connectivity index (χ4n) is 6.92. The molecule has 174 valence electrons. The number of amides is 1. The van der Waals surface area contributed by atoms with E-state index in [0.717, 1.165) is 32.1 Å². The molecule has 0 aromatic carbocycles. The molecule has 2 unspecified atom stereocenters. The van der Waals surface area contributed by atoms with Crippen molar-refractivity contribution in [2.45, 2.75) is 71.8 Å². The molecule has 32 heavy (non-hydrogen) atoms. The third-order valence-corrected chi connectivity index (χ3v) is 7.47. The summed E-state index contributed by atoms with van der Waals surface area (Å²) in [5, 5.41) is 3.13. The Morgan fingerprint density at radius 3 is 2.31 bits per heavy atom. The van der Waals surface area contributed by atoms with Crippen molar-refractivity contribution in [1.82, 2.24) is 10.3 Å². The molecule has 8 heteroatoms. The van der Waals surface area contributed by atoms with Gasteiger partial charge in [0, 0.05) is 18.2 Å². The van der Waals surface area contributed by atoms with Crippen LogP contribution in [0.5, 0.6) is 0 Å². The quantitative estimate of drug-likeness (QED) is 0.494. The van der Waals surface area contributed by atoms with Crippen LogP contribution < -0.4 is 5.32 Å². The predicted molar refractivity (Wildman–Crippen MR) is 115 cm³/mol. The zero-order chi connectivity index (χ0) is 23.3. The van der Waals surface area contributed by atoms with Gasteiger partial charge in [0.15, 0.2) is 6.61 Å². The number of hydrogen-bond acceptors (Lipinski definition) is 6. The van der Waals surface area contributed by atoms with Gasteiger partial charge in [0.1, 0.15) is 0 Å². The fourth-order valence-corrected chi connectivity index (χ4v) is 6.92. The molecule has 4 saturated carbocycles. The van der Waals surface area contributed by atoms with Crippen LogP contribution in [0.3, 0.4) is 0 Å². The van der Waals surface area contributed by atoms with Crippen LogP contribution in [0.15, 0.2) is 0 Å². The third kappa shape index (κ3) is 3.84. The molecular formula is C24H32N2O6. The first-order chi connectivity index (χ1) is 15.1. The Morgan fingerprint density at radius 1 is 1.06 bits per heavy atom. The highest BCUT2D eigenvalue weighted by molar-refractivity contribution is 6.02. The van der Waals surface area contributed by atoms with Crippen LogP contribution in [-0.2, 0) is 19.1 Å². The number of aromatic nitrogens is 1. The minimum absolute atomic E-state index is 0.0689. The van der Waals surface area contributed by atoms with Crippen LogP contribution in [0.25, 0.3) is 0 Å². The Morgan fingerprint density at radius 2 is 1.72 bits per heavy atom. The lowest BCUT2D eigenvalue weighted by Gasteiger charge is -2.60. The Kier molecular flexibility index (Phi) is 5.67. The first-order valence-corrected chi connectivity index (χ1v) is 11.4. The number of ketones is 1. The number of aromatic amines is 1. The van der Waals surface area contributed by atoms with E-state index in [4.69, 9.17) is 9.47 Å². The molecular weight excluding hydrogens is 412 g/mol. The highest BCUT2D eigenvalue weighted by Crippen LogP contribution is 2.62. The van der Waals surface area contributed by atoms with E-state index < -0.39 is 11.4 Å². The maximum atomic E-state index is 13.2. The fraction of sp³-hybridized carbons (Fsp3) is 0.667. The molecule has 4 fully saturated rings. The number of carbonyl (C=O) groups excluding carboxylic acids is 4. The molecule has 0 aliphatic heterocycles. The number of H-pyrrole nitrogens is 1. The van der Waals surface area contributed by atoms with Crippen LogP contribution in [0, 0.1) is 31.1 Å². The van der Waals surface area contributed by atoms with Crippen LogP contribution >= 0.6 is 0 Å². The summed E-state index contributed by atoms with van der Waals surface area (Å²) in [6.45, 7) is 6.49. The van der Waals surface area contributed by atoms with Gasteiger partial charge in [-0.2, -0.15) is 0 Å². The Labute approximate surface area is 187 Å². The molecule has 8 nitrogen and oxygen atoms in total. The van der Waals surface area contributed by atoms with Gasteiger partial charge in [0.2, 0.25) is 11.7 Å². The SMILES string of the molecule is CCOC(=O)c1c(C)[nH]c(C(=O)COC(=O)C23CC4CC(CC(NC(C)=O)(C4)C2)C3)c1C. The van der Waals surface area contributed by atoms with Gasteiger partial charge in [0.05, 0.1) is 23.3 Å². The van der Waals surface area contributed by atoms with E-state index in [1.165, 1.54) is 6.92 Å². The van der Waals surface area contributed by atoms with Crippen molar-refractivity contribution in [3.05, 3.63) is 22.5 Å². The first kappa shape index (κ1) is 22.6. The van der Waals surface area contributed by atoms with Gasteiger partial charge in [-0.3, -0.25) is 14.4 Å². The summed E-state index contributed by atoms with van der Waals surface area (Å²) in [5.41, 5.74) is 0.693. The molecule has 4 bridgehead atoms. The molecule has 0 saturated heterocycles. The van der Waals surface area contributed by atoms with Gasteiger partial charge in [-0.1, -0.05) is 0 Å². The lowest BCUT2D eigenvalue weighted by molar-refractivity contribution is -0.174. The Bertz CT molecular complexity index is 963. The van der Waals surface area contributed by atoms with Gasteiger partial charge in [-0.15, -0.1) is 0 Å². The van der Waals surface area contributed by atoms with E-state index in [-0.39, 0.29) is 42.1 Å². The van der Waals surface area contributed by atoms with Crippen molar-refractivity contribution in [2.24, 2.45) is 17.3 Å². The van der Waals surface area contributed by atoms with E-state index in [9.17, 15) is 19.2 Å². The minimum Gasteiger partial charge on any atom is -0.462 e. The van der Waals surface area contributed by atoms with Crippen LogP contribution in [0.4, 0.5) is 0 Å². The highest BCUT2D eigenvalue weighted by atomic mass is 16.5. The largest absolute Gasteiger partial charge is 0.462 e. The van der Waals surface area contributed by atoms with Crippen LogP contribution in [0.2, 0.25) is 0 Å². The van der Waals surface area contributed by atoms with Crippen LogP contribution in [-0.4, -0.2) is 47.4 Å².